The maximum atomic E-state index is 5.99. The predicted octanol–water partition coefficient (Wildman–Crippen LogP) is 4.09. The molecule has 1 fully saturated rings. The van der Waals surface area contributed by atoms with Crippen molar-refractivity contribution in [1.82, 2.24) is 9.78 Å². The number of halogens is 2. The van der Waals surface area contributed by atoms with Crippen molar-refractivity contribution in [3.63, 3.8) is 0 Å². The fourth-order valence-corrected chi connectivity index (χ4v) is 2.95. The Balaban J connectivity index is 1.55. The summed E-state index contributed by atoms with van der Waals surface area (Å²) in [5, 5.41) is 8.46. The Kier molecular flexibility index (Phi) is 4.83. The predicted molar refractivity (Wildman–Crippen MR) is 87.7 cm³/mol. The second kappa shape index (κ2) is 6.81. The maximum absolute atomic E-state index is 5.99. The monoisotopic (exact) mass is 369 g/mol. The summed E-state index contributed by atoms with van der Waals surface area (Å²) in [4.78, 5) is 0. The van der Waals surface area contributed by atoms with Crippen molar-refractivity contribution >= 4 is 33.2 Å². The minimum atomic E-state index is 0.310. The van der Waals surface area contributed by atoms with Crippen molar-refractivity contribution in [2.45, 2.75) is 32.0 Å². The van der Waals surface area contributed by atoms with Crippen LogP contribution in [-0.4, -0.2) is 22.5 Å². The molecule has 2 heterocycles. The van der Waals surface area contributed by atoms with Crippen LogP contribution < -0.4 is 5.32 Å². The van der Waals surface area contributed by atoms with Crippen LogP contribution >= 0.6 is 27.5 Å². The molecule has 6 heteroatoms. The molecule has 0 radical (unpaired) electrons. The van der Waals surface area contributed by atoms with Gasteiger partial charge >= 0.3 is 0 Å². The molecule has 1 aromatic heterocycles. The average molecular weight is 371 g/mol. The molecule has 1 saturated heterocycles. The van der Waals surface area contributed by atoms with Crippen LogP contribution in [0, 0.1) is 0 Å². The first-order valence-electron chi connectivity index (χ1n) is 7.02. The average Bonchev–Trinajstić information content (AvgIpc) is 3.13. The van der Waals surface area contributed by atoms with Gasteiger partial charge in [0.15, 0.2) is 0 Å². The molecule has 21 heavy (non-hydrogen) atoms. The summed E-state index contributed by atoms with van der Waals surface area (Å²) in [6.07, 6.45) is 6.46. The fraction of sp³-hybridized carbons (Fsp3) is 0.400. The smallest absolute Gasteiger partial charge is 0.0771 e. The largest absolute Gasteiger partial charge is 0.378 e. The number of hydrogen-bond donors (Lipinski definition) is 1. The van der Waals surface area contributed by atoms with Gasteiger partial charge in [-0.3, -0.25) is 4.68 Å². The van der Waals surface area contributed by atoms with Gasteiger partial charge in [-0.2, -0.15) is 5.10 Å². The normalized spacial score (nSPS) is 18.1. The van der Waals surface area contributed by atoms with Crippen molar-refractivity contribution in [2.75, 3.05) is 11.9 Å². The summed E-state index contributed by atoms with van der Waals surface area (Å²) in [5.41, 5.74) is 2.18. The molecule has 1 unspecified atom stereocenters. The summed E-state index contributed by atoms with van der Waals surface area (Å²) in [5.74, 6) is 0. The molecule has 3 rings (SSSR count). The van der Waals surface area contributed by atoms with Gasteiger partial charge in [0.1, 0.15) is 0 Å². The number of anilines is 1. The van der Waals surface area contributed by atoms with E-state index < -0.39 is 0 Å². The van der Waals surface area contributed by atoms with Crippen LogP contribution in [0.25, 0.3) is 0 Å². The van der Waals surface area contributed by atoms with Crippen LogP contribution in [0.4, 0.5) is 5.69 Å². The van der Waals surface area contributed by atoms with Crippen molar-refractivity contribution in [1.29, 1.82) is 0 Å². The number of benzene rings is 1. The van der Waals surface area contributed by atoms with Gasteiger partial charge in [0.2, 0.25) is 0 Å². The lowest BCUT2D eigenvalue weighted by molar-refractivity contribution is 0.0940. The molecule has 0 spiro atoms. The Morgan fingerprint density at radius 3 is 3.14 bits per heavy atom. The number of rotatable bonds is 5. The number of aromatic nitrogens is 2. The molecule has 1 aromatic carbocycles. The summed E-state index contributed by atoms with van der Waals surface area (Å²) in [6, 6.07) is 5.92. The molecule has 0 aliphatic carbocycles. The number of nitrogens with one attached hydrogen (secondary N) is 1. The van der Waals surface area contributed by atoms with E-state index in [-0.39, 0.29) is 0 Å². The van der Waals surface area contributed by atoms with Gasteiger partial charge in [-0.15, -0.1) is 0 Å². The third-order valence-corrected chi connectivity index (χ3v) is 4.74. The molecule has 0 saturated carbocycles. The van der Waals surface area contributed by atoms with Crippen molar-refractivity contribution < 1.29 is 4.74 Å². The summed E-state index contributed by atoms with van der Waals surface area (Å²) in [7, 11) is 0. The van der Waals surface area contributed by atoms with Crippen molar-refractivity contribution in [3.8, 4) is 0 Å². The molecule has 4 nitrogen and oxygen atoms in total. The van der Waals surface area contributed by atoms with E-state index in [1.54, 1.807) is 0 Å². The van der Waals surface area contributed by atoms with E-state index >= 15 is 0 Å². The first kappa shape index (κ1) is 14.9. The highest BCUT2D eigenvalue weighted by Crippen LogP contribution is 2.23. The van der Waals surface area contributed by atoms with Crippen LogP contribution in [0.5, 0.6) is 0 Å². The first-order valence-corrected chi connectivity index (χ1v) is 8.19. The highest BCUT2D eigenvalue weighted by Gasteiger charge is 2.16. The molecule has 1 N–H and O–H groups in total. The highest BCUT2D eigenvalue weighted by atomic mass is 79.9. The standard InChI is InChI=1S/C15H17BrClN3O/c16-14-6-11(3-4-15(14)17)7-18-12-8-19-20(9-12)10-13-2-1-5-21-13/h3-4,6,8-9,13,18H,1-2,5,7,10H2. The molecule has 1 aliphatic rings. The zero-order valence-electron chi connectivity index (χ0n) is 11.6. The molecule has 0 amide bonds. The van der Waals surface area contributed by atoms with E-state index in [0.717, 1.165) is 53.3 Å². The Hall–Kier alpha value is -1.04. The van der Waals surface area contributed by atoms with Crippen LogP contribution in [-0.2, 0) is 17.8 Å². The lowest BCUT2D eigenvalue weighted by atomic mass is 10.2. The molecular weight excluding hydrogens is 354 g/mol. The van der Waals surface area contributed by atoms with Gasteiger partial charge in [-0.1, -0.05) is 17.7 Å². The number of hydrogen-bond acceptors (Lipinski definition) is 3. The number of nitrogens with zero attached hydrogens (tertiary/aromatic N) is 2. The summed E-state index contributed by atoms with van der Waals surface area (Å²) < 4.78 is 8.48. The van der Waals surface area contributed by atoms with Gasteiger partial charge in [0, 0.05) is 23.8 Å². The minimum Gasteiger partial charge on any atom is -0.378 e. The minimum absolute atomic E-state index is 0.310. The van der Waals surface area contributed by atoms with Crippen molar-refractivity contribution in [3.05, 3.63) is 45.7 Å². The van der Waals surface area contributed by atoms with Gasteiger partial charge in [0.25, 0.3) is 0 Å². The molecule has 1 aliphatic heterocycles. The third-order valence-electron chi connectivity index (χ3n) is 3.53. The highest BCUT2D eigenvalue weighted by molar-refractivity contribution is 9.10. The molecular formula is C15H17BrClN3O. The van der Waals surface area contributed by atoms with Crippen LogP contribution in [0.3, 0.4) is 0 Å². The SMILES string of the molecule is Clc1ccc(CNc2cnn(CC3CCCO3)c2)cc1Br. The topological polar surface area (TPSA) is 39.1 Å². The molecule has 0 bridgehead atoms. The Labute approximate surface area is 137 Å². The van der Waals surface area contributed by atoms with Gasteiger partial charge in [0.05, 0.1) is 29.6 Å². The maximum Gasteiger partial charge on any atom is 0.0771 e. The van der Waals surface area contributed by atoms with E-state index in [9.17, 15) is 0 Å². The summed E-state index contributed by atoms with van der Waals surface area (Å²) >= 11 is 9.42. The van der Waals surface area contributed by atoms with E-state index in [0.29, 0.717) is 6.10 Å². The van der Waals surface area contributed by atoms with E-state index in [4.69, 9.17) is 16.3 Å². The number of ether oxygens (including phenoxy) is 1. The third kappa shape index (κ3) is 3.99. The summed E-state index contributed by atoms with van der Waals surface area (Å²) in [6.45, 7) is 2.44. The van der Waals surface area contributed by atoms with E-state index in [2.05, 4.69) is 26.3 Å². The van der Waals surface area contributed by atoms with Crippen LogP contribution in [0.15, 0.2) is 35.1 Å². The first-order chi connectivity index (χ1) is 10.2. The zero-order valence-corrected chi connectivity index (χ0v) is 13.9. The second-order valence-electron chi connectivity index (χ2n) is 5.19. The van der Waals surface area contributed by atoms with E-state index in [1.165, 1.54) is 0 Å². The quantitative estimate of drug-likeness (QED) is 0.861. The lowest BCUT2D eigenvalue weighted by Crippen LogP contribution is -2.15. The van der Waals surface area contributed by atoms with Crippen molar-refractivity contribution in [2.24, 2.45) is 0 Å². The Morgan fingerprint density at radius 1 is 1.48 bits per heavy atom. The van der Waals surface area contributed by atoms with E-state index in [1.807, 2.05) is 35.3 Å². The van der Waals surface area contributed by atoms with Crippen LogP contribution in [0.1, 0.15) is 18.4 Å². The van der Waals surface area contributed by atoms with Gasteiger partial charge in [-0.25, -0.2) is 0 Å². The second-order valence-corrected chi connectivity index (χ2v) is 6.45. The van der Waals surface area contributed by atoms with Gasteiger partial charge in [-0.05, 0) is 46.5 Å². The van der Waals surface area contributed by atoms with Crippen LogP contribution in [0.2, 0.25) is 5.02 Å². The fourth-order valence-electron chi connectivity index (χ4n) is 2.41. The molecule has 112 valence electrons. The Morgan fingerprint density at radius 2 is 2.38 bits per heavy atom. The van der Waals surface area contributed by atoms with Gasteiger partial charge < -0.3 is 10.1 Å². The molecule has 1 atom stereocenters. The zero-order chi connectivity index (χ0) is 14.7. The molecule has 2 aromatic rings. The lowest BCUT2D eigenvalue weighted by Gasteiger charge is -2.08. The Bertz CT molecular complexity index is 611.